The largest absolute Gasteiger partial charge is 0.481 e. The molecular formula is C9H13NO8. The maximum absolute atomic E-state index is 11.1. The third-order valence-corrected chi connectivity index (χ3v) is 1.89. The molecule has 0 aliphatic carbocycles. The van der Waals surface area contributed by atoms with Gasteiger partial charge in [0.25, 0.3) is 0 Å². The third-order valence-electron chi connectivity index (χ3n) is 1.89. The van der Waals surface area contributed by atoms with Crippen molar-refractivity contribution >= 4 is 23.9 Å². The second-order valence-corrected chi connectivity index (χ2v) is 3.40. The van der Waals surface area contributed by atoms with Crippen LogP contribution < -0.4 is 5.73 Å². The minimum atomic E-state index is -1.80. The van der Waals surface area contributed by atoms with Crippen LogP contribution in [-0.2, 0) is 23.9 Å². The van der Waals surface area contributed by atoms with Crippen LogP contribution >= 0.6 is 0 Å². The van der Waals surface area contributed by atoms with E-state index in [2.05, 4.69) is 4.74 Å². The molecule has 0 aromatic carbocycles. The Morgan fingerprint density at radius 2 is 1.61 bits per heavy atom. The van der Waals surface area contributed by atoms with E-state index in [1.54, 1.807) is 0 Å². The number of hydrogen-bond acceptors (Lipinski definition) is 6. The summed E-state index contributed by atoms with van der Waals surface area (Å²) in [7, 11) is 0. The first-order valence-corrected chi connectivity index (χ1v) is 4.86. The number of carbonyl (C=O) groups excluding carboxylic acids is 1. The Kier molecular flexibility index (Phi) is 6.35. The Bertz CT molecular complexity index is 352. The first-order valence-electron chi connectivity index (χ1n) is 4.86. The van der Waals surface area contributed by atoms with Crippen molar-refractivity contribution in [3.63, 3.8) is 0 Å². The molecule has 0 aromatic heterocycles. The van der Waals surface area contributed by atoms with E-state index in [0.29, 0.717) is 0 Å². The minimum Gasteiger partial charge on any atom is -0.481 e. The molecule has 9 heteroatoms. The van der Waals surface area contributed by atoms with Crippen LogP contribution in [0, 0.1) is 0 Å². The molecule has 2 atom stereocenters. The number of nitrogens with two attached hydrogens (primary N) is 1. The fraction of sp³-hybridized carbons (Fsp3) is 0.556. The number of carboxylic acid groups (broad SMARTS) is 3. The van der Waals surface area contributed by atoms with Gasteiger partial charge in [0.1, 0.15) is 6.04 Å². The number of ether oxygens (including phenoxy) is 1. The first-order chi connectivity index (χ1) is 8.23. The van der Waals surface area contributed by atoms with Gasteiger partial charge in [0, 0.05) is 6.42 Å². The lowest BCUT2D eigenvalue weighted by atomic mass is 10.2. The lowest BCUT2D eigenvalue weighted by molar-refractivity contribution is -0.167. The number of esters is 1. The molecule has 0 aliphatic rings. The summed E-state index contributed by atoms with van der Waals surface area (Å²) in [5, 5.41) is 25.4. The maximum Gasteiger partial charge on any atom is 0.345 e. The maximum atomic E-state index is 11.1. The van der Waals surface area contributed by atoms with Crippen molar-refractivity contribution in [2.45, 2.75) is 31.4 Å². The van der Waals surface area contributed by atoms with Gasteiger partial charge in [-0.3, -0.25) is 14.4 Å². The Labute approximate surface area is 101 Å². The lowest BCUT2D eigenvalue weighted by Gasteiger charge is -2.12. The Morgan fingerprint density at radius 1 is 1.06 bits per heavy atom. The molecule has 102 valence electrons. The zero-order valence-corrected chi connectivity index (χ0v) is 9.24. The topological polar surface area (TPSA) is 164 Å². The van der Waals surface area contributed by atoms with Crippen LogP contribution in [0.2, 0.25) is 0 Å². The fourth-order valence-electron chi connectivity index (χ4n) is 0.952. The molecule has 0 rings (SSSR count). The van der Waals surface area contributed by atoms with E-state index in [9.17, 15) is 19.2 Å². The normalized spacial score (nSPS) is 13.4. The second kappa shape index (κ2) is 7.22. The van der Waals surface area contributed by atoms with E-state index < -0.39 is 48.9 Å². The highest BCUT2D eigenvalue weighted by Gasteiger charge is 2.25. The van der Waals surface area contributed by atoms with Crippen LogP contribution in [0.25, 0.3) is 0 Å². The average molecular weight is 263 g/mol. The van der Waals surface area contributed by atoms with Crippen LogP contribution in [0.4, 0.5) is 0 Å². The number of rotatable bonds is 8. The Balaban J connectivity index is 4.22. The minimum absolute atomic E-state index is 0.229. The second-order valence-electron chi connectivity index (χ2n) is 3.40. The van der Waals surface area contributed by atoms with Crippen LogP contribution in [-0.4, -0.2) is 51.3 Å². The predicted molar refractivity (Wildman–Crippen MR) is 54.6 cm³/mol. The number of carboxylic acids is 3. The highest BCUT2D eigenvalue weighted by molar-refractivity contribution is 5.83. The molecule has 0 bridgehead atoms. The molecule has 0 spiro atoms. The summed E-state index contributed by atoms with van der Waals surface area (Å²) in [5.41, 5.74) is 5.12. The molecular weight excluding hydrogens is 250 g/mol. The molecule has 0 amide bonds. The van der Waals surface area contributed by atoms with Crippen LogP contribution in [0.3, 0.4) is 0 Å². The van der Waals surface area contributed by atoms with Crippen molar-refractivity contribution in [1.82, 2.24) is 0 Å². The predicted octanol–water partition coefficient (Wildman–Crippen LogP) is -1.35. The molecule has 18 heavy (non-hydrogen) atoms. The van der Waals surface area contributed by atoms with Gasteiger partial charge in [-0.25, -0.2) is 4.79 Å². The van der Waals surface area contributed by atoms with E-state index in [0.717, 1.165) is 0 Å². The van der Waals surface area contributed by atoms with Gasteiger partial charge < -0.3 is 25.8 Å². The molecule has 9 nitrogen and oxygen atoms in total. The van der Waals surface area contributed by atoms with Crippen molar-refractivity contribution in [1.29, 1.82) is 0 Å². The van der Waals surface area contributed by atoms with E-state index >= 15 is 0 Å². The molecule has 0 aliphatic heterocycles. The van der Waals surface area contributed by atoms with Crippen molar-refractivity contribution in [3.8, 4) is 0 Å². The van der Waals surface area contributed by atoms with Crippen LogP contribution in [0.15, 0.2) is 0 Å². The summed E-state index contributed by atoms with van der Waals surface area (Å²) >= 11 is 0. The standard InChI is InChI=1S/C9H13NO8/c10-4(8(14)15)1-2-7(13)18-5(9(16)17)3-6(11)12/h4-5H,1-3,10H2,(H,11,12)(H,14,15)(H,16,17)/t4-,5?/m0/s1. The van der Waals surface area contributed by atoms with Crippen molar-refractivity contribution in [2.75, 3.05) is 0 Å². The van der Waals surface area contributed by atoms with E-state index in [1.165, 1.54) is 0 Å². The summed E-state index contributed by atoms with van der Waals surface area (Å²) in [6.45, 7) is 0. The summed E-state index contributed by atoms with van der Waals surface area (Å²) in [6.07, 6.45) is -3.30. The molecule has 0 fully saturated rings. The molecule has 5 N–H and O–H groups in total. The van der Waals surface area contributed by atoms with Gasteiger partial charge in [0.2, 0.25) is 6.10 Å². The Morgan fingerprint density at radius 3 is 2.00 bits per heavy atom. The van der Waals surface area contributed by atoms with Gasteiger partial charge in [0.05, 0.1) is 6.42 Å². The highest BCUT2D eigenvalue weighted by atomic mass is 16.6. The van der Waals surface area contributed by atoms with Crippen LogP contribution in [0.5, 0.6) is 0 Å². The summed E-state index contributed by atoms with van der Waals surface area (Å²) < 4.78 is 4.39. The van der Waals surface area contributed by atoms with Gasteiger partial charge in [-0.05, 0) is 6.42 Å². The first kappa shape index (κ1) is 15.8. The van der Waals surface area contributed by atoms with E-state index in [1.807, 2.05) is 0 Å². The molecule has 0 heterocycles. The SMILES string of the molecule is N[C@@H](CCC(=O)OC(CC(=O)O)C(=O)O)C(=O)O. The zero-order chi connectivity index (χ0) is 14.3. The number of carbonyl (C=O) groups is 4. The zero-order valence-electron chi connectivity index (χ0n) is 9.24. The van der Waals surface area contributed by atoms with Crippen LogP contribution in [0.1, 0.15) is 19.3 Å². The van der Waals surface area contributed by atoms with Gasteiger partial charge in [-0.1, -0.05) is 0 Å². The third kappa shape index (κ3) is 6.43. The van der Waals surface area contributed by atoms with Crippen molar-refractivity contribution in [2.24, 2.45) is 5.73 Å². The fourth-order valence-corrected chi connectivity index (χ4v) is 0.952. The quantitative estimate of drug-likeness (QED) is 0.387. The molecule has 0 radical (unpaired) electrons. The monoisotopic (exact) mass is 263 g/mol. The summed E-state index contributed by atoms with van der Waals surface area (Å²) in [6, 6.07) is -1.26. The lowest BCUT2D eigenvalue weighted by Crippen LogP contribution is -2.33. The summed E-state index contributed by atoms with van der Waals surface area (Å²) in [5.74, 6) is -5.34. The van der Waals surface area contributed by atoms with Crippen molar-refractivity contribution in [3.05, 3.63) is 0 Å². The van der Waals surface area contributed by atoms with Gasteiger partial charge in [-0.2, -0.15) is 0 Å². The van der Waals surface area contributed by atoms with Crippen molar-refractivity contribution < 1.29 is 39.2 Å². The molecule has 0 saturated heterocycles. The molecule has 0 aromatic rings. The molecule has 0 saturated carbocycles. The average Bonchev–Trinajstić information content (AvgIpc) is 2.23. The van der Waals surface area contributed by atoms with Gasteiger partial charge in [-0.15, -0.1) is 0 Å². The molecule has 1 unspecified atom stereocenters. The number of hydrogen-bond donors (Lipinski definition) is 4. The number of aliphatic carboxylic acids is 3. The van der Waals surface area contributed by atoms with E-state index in [-0.39, 0.29) is 6.42 Å². The van der Waals surface area contributed by atoms with Gasteiger partial charge in [0.15, 0.2) is 0 Å². The Hall–Kier alpha value is -2.16. The van der Waals surface area contributed by atoms with Gasteiger partial charge >= 0.3 is 23.9 Å². The van der Waals surface area contributed by atoms with E-state index in [4.69, 9.17) is 21.1 Å². The highest BCUT2D eigenvalue weighted by Crippen LogP contribution is 2.04. The smallest absolute Gasteiger partial charge is 0.345 e. The summed E-state index contributed by atoms with van der Waals surface area (Å²) in [4.78, 5) is 42.3.